The van der Waals surface area contributed by atoms with Crippen molar-refractivity contribution in [3.05, 3.63) is 17.5 Å². The van der Waals surface area contributed by atoms with Crippen molar-refractivity contribution in [3.8, 4) is 11.5 Å². The normalized spacial score (nSPS) is 10.5. The molecule has 0 atom stereocenters. The topological polar surface area (TPSA) is 57.4 Å². The first kappa shape index (κ1) is 11.6. The Labute approximate surface area is 86.0 Å². The van der Waals surface area contributed by atoms with Crippen molar-refractivity contribution in [2.75, 3.05) is 14.2 Å². The third kappa shape index (κ3) is 2.15. The van der Waals surface area contributed by atoms with Crippen LogP contribution in [0.4, 0.5) is 8.78 Å². The van der Waals surface area contributed by atoms with Crippen molar-refractivity contribution in [2.45, 2.75) is 13.0 Å². The molecule has 0 aliphatic rings. The summed E-state index contributed by atoms with van der Waals surface area (Å²) in [6.45, 7) is 0.100. The predicted octanol–water partition coefficient (Wildman–Crippen LogP) is 1.50. The Kier molecular flexibility index (Phi) is 3.79. The molecule has 84 valence electrons. The summed E-state index contributed by atoms with van der Waals surface area (Å²) in [5.74, 6) is 0.153. The van der Waals surface area contributed by atoms with Crippen LogP contribution in [0.2, 0.25) is 0 Å². The van der Waals surface area contributed by atoms with Gasteiger partial charge >= 0.3 is 0 Å². The molecule has 0 saturated carbocycles. The molecule has 1 aromatic rings. The zero-order chi connectivity index (χ0) is 11.4. The second-order valence-corrected chi connectivity index (χ2v) is 2.73. The van der Waals surface area contributed by atoms with Crippen LogP contribution in [-0.2, 0) is 6.54 Å². The lowest BCUT2D eigenvalue weighted by atomic mass is 10.2. The number of nitrogens with zero attached hydrogens (tertiary/aromatic N) is 1. The van der Waals surface area contributed by atoms with Gasteiger partial charge in [-0.05, 0) is 0 Å². The van der Waals surface area contributed by atoms with E-state index in [2.05, 4.69) is 4.98 Å². The number of ether oxygens (including phenoxy) is 2. The molecular weight excluding hydrogens is 206 g/mol. The molecule has 6 heteroatoms. The largest absolute Gasteiger partial charge is 0.492 e. The van der Waals surface area contributed by atoms with Crippen LogP contribution < -0.4 is 15.2 Å². The zero-order valence-electron chi connectivity index (χ0n) is 8.46. The van der Waals surface area contributed by atoms with E-state index in [0.29, 0.717) is 5.69 Å². The van der Waals surface area contributed by atoms with Gasteiger partial charge in [-0.2, -0.15) is 0 Å². The molecule has 0 fully saturated rings. The van der Waals surface area contributed by atoms with Gasteiger partial charge in [0.1, 0.15) is 0 Å². The Morgan fingerprint density at radius 2 is 1.93 bits per heavy atom. The summed E-state index contributed by atoms with van der Waals surface area (Å²) in [6, 6.07) is 0. The number of alkyl halides is 2. The van der Waals surface area contributed by atoms with Crippen molar-refractivity contribution >= 4 is 0 Å². The minimum absolute atomic E-state index is 0.0112. The fourth-order valence-corrected chi connectivity index (χ4v) is 1.25. The quantitative estimate of drug-likeness (QED) is 0.831. The zero-order valence-corrected chi connectivity index (χ0v) is 8.46. The van der Waals surface area contributed by atoms with Gasteiger partial charge in [0.15, 0.2) is 11.5 Å². The molecule has 0 aliphatic heterocycles. The lowest BCUT2D eigenvalue weighted by molar-refractivity contribution is 0.145. The van der Waals surface area contributed by atoms with Crippen LogP contribution in [0, 0.1) is 0 Å². The van der Waals surface area contributed by atoms with Crippen LogP contribution in [0.5, 0.6) is 11.5 Å². The van der Waals surface area contributed by atoms with Gasteiger partial charge in [-0.25, -0.2) is 8.78 Å². The number of rotatable bonds is 4. The maximum Gasteiger partial charge on any atom is 0.269 e. The Bertz CT molecular complexity index is 345. The number of hydrogen-bond donors (Lipinski definition) is 1. The van der Waals surface area contributed by atoms with Crippen LogP contribution in [0.3, 0.4) is 0 Å². The Morgan fingerprint density at radius 1 is 1.33 bits per heavy atom. The van der Waals surface area contributed by atoms with Crippen molar-refractivity contribution in [1.82, 2.24) is 4.98 Å². The van der Waals surface area contributed by atoms with E-state index in [4.69, 9.17) is 15.2 Å². The first-order valence-electron chi connectivity index (χ1n) is 4.23. The Morgan fingerprint density at radius 3 is 2.33 bits per heavy atom. The van der Waals surface area contributed by atoms with Gasteiger partial charge in [-0.1, -0.05) is 0 Å². The van der Waals surface area contributed by atoms with Crippen LogP contribution >= 0.6 is 0 Å². The van der Waals surface area contributed by atoms with E-state index in [-0.39, 0.29) is 23.6 Å². The lowest BCUT2D eigenvalue weighted by Gasteiger charge is -2.14. The minimum atomic E-state index is -2.66. The highest BCUT2D eigenvalue weighted by molar-refractivity contribution is 5.48. The van der Waals surface area contributed by atoms with Crippen molar-refractivity contribution in [3.63, 3.8) is 0 Å². The van der Waals surface area contributed by atoms with E-state index in [9.17, 15) is 8.78 Å². The highest BCUT2D eigenvalue weighted by Gasteiger charge is 2.21. The van der Waals surface area contributed by atoms with Crippen LogP contribution in [0.1, 0.15) is 17.7 Å². The molecule has 2 N–H and O–H groups in total. The summed E-state index contributed by atoms with van der Waals surface area (Å²) in [6.07, 6.45) is -1.61. The molecule has 1 heterocycles. The van der Waals surface area contributed by atoms with Crippen molar-refractivity contribution < 1.29 is 18.3 Å². The number of halogens is 2. The molecule has 0 unspecified atom stereocenters. The lowest BCUT2D eigenvalue weighted by Crippen LogP contribution is -2.06. The molecule has 0 amide bonds. The molecular formula is C9H12F2N2O2. The minimum Gasteiger partial charge on any atom is -0.492 e. The Balaban J connectivity index is 3.34. The third-order valence-electron chi connectivity index (χ3n) is 1.93. The van der Waals surface area contributed by atoms with E-state index < -0.39 is 6.43 Å². The molecule has 0 bridgehead atoms. The first-order chi connectivity index (χ1) is 7.15. The Hall–Kier alpha value is -1.43. The maximum atomic E-state index is 12.6. The number of methoxy groups -OCH3 is 2. The van der Waals surface area contributed by atoms with E-state index in [1.54, 1.807) is 0 Å². The summed E-state index contributed by atoms with van der Waals surface area (Å²) in [5, 5.41) is 0. The standard InChI is InChI=1S/C9H12F2N2O2/c1-14-7-5(9(10)11)4-13-6(3-12)8(7)15-2/h4,9H,3,12H2,1-2H3. The van der Waals surface area contributed by atoms with Crippen LogP contribution in [0.15, 0.2) is 6.20 Å². The van der Waals surface area contributed by atoms with Crippen LogP contribution in [-0.4, -0.2) is 19.2 Å². The SMILES string of the molecule is COc1c(C(F)F)cnc(CN)c1OC. The summed E-state index contributed by atoms with van der Waals surface area (Å²) < 4.78 is 34.9. The van der Waals surface area contributed by atoms with Gasteiger partial charge in [0.2, 0.25) is 0 Å². The van der Waals surface area contributed by atoms with Gasteiger partial charge in [-0.3, -0.25) is 4.98 Å². The highest BCUT2D eigenvalue weighted by Crippen LogP contribution is 2.37. The number of hydrogen-bond acceptors (Lipinski definition) is 4. The van der Waals surface area contributed by atoms with Gasteiger partial charge in [0, 0.05) is 12.7 Å². The summed E-state index contributed by atoms with van der Waals surface area (Å²) in [7, 11) is 2.65. The summed E-state index contributed by atoms with van der Waals surface area (Å²) in [4.78, 5) is 3.79. The van der Waals surface area contributed by atoms with Gasteiger partial charge in [0.05, 0.1) is 25.5 Å². The monoisotopic (exact) mass is 218 g/mol. The fraction of sp³-hybridized carbons (Fsp3) is 0.444. The molecule has 0 spiro atoms. The van der Waals surface area contributed by atoms with Gasteiger partial charge in [0.25, 0.3) is 6.43 Å². The number of aromatic nitrogens is 1. The summed E-state index contributed by atoms with van der Waals surface area (Å²) in [5.41, 5.74) is 5.48. The van der Waals surface area contributed by atoms with E-state index in [1.165, 1.54) is 14.2 Å². The number of nitrogens with two attached hydrogens (primary N) is 1. The predicted molar refractivity (Wildman–Crippen MR) is 50.2 cm³/mol. The van der Waals surface area contributed by atoms with Crippen LogP contribution in [0.25, 0.3) is 0 Å². The molecule has 1 aromatic heterocycles. The maximum absolute atomic E-state index is 12.6. The average molecular weight is 218 g/mol. The number of pyridine rings is 1. The highest BCUT2D eigenvalue weighted by atomic mass is 19.3. The molecule has 4 nitrogen and oxygen atoms in total. The summed E-state index contributed by atoms with van der Waals surface area (Å²) >= 11 is 0. The fourth-order valence-electron chi connectivity index (χ4n) is 1.25. The molecule has 0 saturated heterocycles. The smallest absolute Gasteiger partial charge is 0.269 e. The second-order valence-electron chi connectivity index (χ2n) is 2.73. The van der Waals surface area contributed by atoms with Gasteiger partial charge < -0.3 is 15.2 Å². The van der Waals surface area contributed by atoms with Crippen molar-refractivity contribution in [2.24, 2.45) is 5.73 Å². The van der Waals surface area contributed by atoms with E-state index in [1.807, 2.05) is 0 Å². The average Bonchev–Trinajstić information content (AvgIpc) is 2.26. The van der Waals surface area contributed by atoms with E-state index >= 15 is 0 Å². The van der Waals surface area contributed by atoms with Crippen molar-refractivity contribution in [1.29, 1.82) is 0 Å². The third-order valence-corrected chi connectivity index (χ3v) is 1.93. The first-order valence-corrected chi connectivity index (χ1v) is 4.23. The molecule has 0 aromatic carbocycles. The molecule has 1 rings (SSSR count). The van der Waals surface area contributed by atoms with Gasteiger partial charge in [-0.15, -0.1) is 0 Å². The molecule has 0 radical (unpaired) electrons. The van der Waals surface area contributed by atoms with E-state index in [0.717, 1.165) is 6.20 Å². The molecule has 15 heavy (non-hydrogen) atoms. The molecule has 0 aliphatic carbocycles. The second kappa shape index (κ2) is 4.88.